The van der Waals surface area contributed by atoms with Gasteiger partial charge in [0.05, 0.1) is 6.04 Å². The number of hydrogen-bond acceptors (Lipinski definition) is 2. The van der Waals surface area contributed by atoms with Gasteiger partial charge in [0.2, 0.25) is 5.91 Å². The number of rotatable bonds is 3. The average molecular weight is 264 g/mol. The average Bonchev–Trinajstić information content (AvgIpc) is 2.40. The molecule has 1 aliphatic carbocycles. The van der Waals surface area contributed by atoms with Crippen LogP contribution in [0.2, 0.25) is 0 Å². The molecule has 1 aromatic rings. The number of nitrogens with two attached hydrogens (primary N) is 1. The molecule has 19 heavy (non-hydrogen) atoms. The first-order valence-electron chi connectivity index (χ1n) is 6.87. The van der Waals surface area contributed by atoms with E-state index in [2.05, 4.69) is 5.32 Å². The Balaban J connectivity index is 1.89. The fourth-order valence-electron chi connectivity index (χ4n) is 2.55. The Morgan fingerprint density at radius 1 is 1.26 bits per heavy atom. The number of amides is 1. The van der Waals surface area contributed by atoms with Crippen molar-refractivity contribution in [2.75, 3.05) is 0 Å². The summed E-state index contributed by atoms with van der Waals surface area (Å²) in [6.07, 6.45) is 3.57. The van der Waals surface area contributed by atoms with E-state index >= 15 is 0 Å². The van der Waals surface area contributed by atoms with Gasteiger partial charge < -0.3 is 11.1 Å². The Morgan fingerprint density at radius 3 is 2.42 bits per heavy atom. The van der Waals surface area contributed by atoms with Crippen LogP contribution < -0.4 is 11.1 Å². The molecule has 0 bridgehead atoms. The smallest absolute Gasteiger partial charge is 0.223 e. The molecule has 1 fully saturated rings. The van der Waals surface area contributed by atoms with Gasteiger partial charge in [0.1, 0.15) is 5.82 Å². The highest BCUT2D eigenvalue weighted by molar-refractivity contribution is 5.79. The van der Waals surface area contributed by atoms with Gasteiger partial charge in [-0.05, 0) is 50.3 Å². The summed E-state index contributed by atoms with van der Waals surface area (Å²) in [5.41, 5.74) is 6.76. The summed E-state index contributed by atoms with van der Waals surface area (Å²) in [6.45, 7) is 1.92. The summed E-state index contributed by atoms with van der Waals surface area (Å²) < 4.78 is 12.8. The summed E-state index contributed by atoms with van der Waals surface area (Å²) in [7, 11) is 0. The number of benzene rings is 1. The van der Waals surface area contributed by atoms with E-state index in [0.29, 0.717) is 0 Å². The molecule has 1 saturated carbocycles. The third kappa shape index (κ3) is 3.77. The van der Waals surface area contributed by atoms with Crippen molar-refractivity contribution in [2.24, 2.45) is 11.7 Å². The number of halogens is 1. The fourth-order valence-corrected chi connectivity index (χ4v) is 2.55. The van der Waals surface area contributed by atoms with E-state index < -0.39 is 0 Å². The van der Waals surface area contributed by atoms with Crippen LogP contribution in [0.1, 0.15) is 44.2 Å². The van der Waals surface area contributed by atoms with Crippen molar-refractivity contribution in [3.8, 4) is 0 Å². The highest BCUT2D eigenvalue weighted by Crippen LogP contribution is 2.24. The van der Waals surface area contributed by atoms with Gasteiger partial charge in [-0.2, -0.15) is 0 Å². The molecule has 3 N–H and O–H groups in total. The molecular weight excluding hydrogens is 243 g/mol. The highest BCUT2D eigenvalue weighted by atomic mass is 19.1. The van der Waals surface area contributed by atoms with Gasteiger partial charge in [-0.25, -0.2) is 4.39 Å². The molecule has 104 valence electrons. The van der Waals surface area contributed by atoms with E-state index in [1.54, 1.807) is 12.1 Å². The zero-order chi connectivity index (χ0) is 13.8. The Morgan fingerprint density at radius 2 is 1.84 bits per heavy atom. The summed E-state index contributed by atoms with van der Waals surface area (Å²) in [4.78, 5) is 12.1. The minimum absolute atomic E-state index is 0.0719. The fraction of sp³-hybridized carbons (Fsp3) is 0.533. The predicted molar refractivity (Wildman–Crippen MR) is 72.9 cm³/mol. The zero-order valence-electron chi connectivity index (χ0n) is 11.2. The predicted octanol–water partition coefficient (Wildman–Crippen LogP) is 2.52. The van der Waals surface area contributed by atoms with Crippen LogP contribution in [0.4, 0.5) is 4.39 Å². The van der Waals surface area contributed by atoms with Crippen LogP contribution >= 0.6 is 0 Å². The zero-order valence-corrected chi connectivity index (χ0v) is 11.2. The number of carbonyl (C=O) groups excluding carboxylic acids is 1. The topological polar surface area (TPSA) is 55.1 Å². The molecule has 1 unspecified atom stereocenters. The molecule has 0 saturated heterocycles. The van der Waals surface area contributed by atoms with Crippen LogP contribution in [-0.4, -0.2) is 11.9 Å². The molecule has 0 spiro atoms. The maximum absolute atomic E-state index is 12.8. The lowest BCUT2D eigenvalue weighted by atomic mass is 9.85. The van der Waals surface area contributed by atoms with E-state index in [-0.39, 0.29) is 29.7 Å². The third-order valence-corrected chi connectivity index (χ3v) is 3.87. The second kappa shape index (κ2) is 6.15. The Kier molecular flexibility index (Phi) is 4.53. The first-order chi connectivity index (χ1) is 9.06. The largest absolute Gasteiger partial charge is 0.349 e. The van der Waals surface area contributed by atoms with Gasteiger partial charge in [0.15, 0.2) is 0 Å². The minimum atomic E-state index is -0.261. The lowest BCUT2D eigenvalue weighted by Crippen LogP contribution is -2.37. The first-order valence-corrected chi connectivity index (χ1v) is 6.87. The van der Waals surface area contributed by atoms with Crippen molar-refractivity contribution in [1.82, 2.24) is 5.32 Å². The van der Waals surface area contributed by atoms with Gasteiger partial charge >= 0.3 is 0 Å². The number of hydrogen-bond donors (Lipinski definition) is 2. The molecule has 3 nitrogen and oxygen atoms in total. The van der Waals surface area contributed by atoms with Gasteiger partial charge in [-0.15, -0.1) is 0 Å². The van der Waals surface area contributed by atoms with Crippen LogP contribution in [0.3, 0.4) is 0 Å². The lowest BCUT2D eigenvalue weighted by molar-refractivity contribution is -0.126. The SMILES string of the molecule is CC(NC(=O)C1CCC(N)CC1)c1ccc(F)cc1. The van der Waals surface area contributed by atoms with E-state index in [4.69, 9.17) is 5.73 Å². The summed E-state index contributed by atoms with van der Waals surface area (Å²) in [5.74, 6) is -0.102. The van der Waals surface area contributed by atoms with Crippen molar-refractivity contribution in [3.63, 3.8) is 0 Å². The summed E-state index contributed by atoms with van der Waals surface area (Å²) >= 11 is 0. The van der Waals surface area contributed by atoms with Crippen LogP contribution in [0.5, 0.6) is 0 Å². The number of carbonyl (C=O) groups is 1. The van der Waals surface area contributed by atoms with E-state index in [9.17, 15) is 9.18 Å². The van der Waals surface area contributed by atoms with Crippen molar-refractivity contribution >= 4 is 5.91 Å². The van der Waals surface area contributed by atoms with Crippen molar-refractivity contribution < 1.29 is 9.18 Å². The molecule has 2 rings (SSSR count). The van der Waals surface area contributed by atoms with Crippen LogP contribution in [0.15, 0.2) is 24.3 Å². The molecule has 0 radical (unpaired) electrons. The third-order valence-electron chi connectivity index (χ3n) is 3.87. The van der Waals surface area contributed by atoms with E-state index in [0.717, 1.165) is 31.2 Å². The lowest BCUT2D eigenvalue weighted by Gasteiger charge is -2.26. The molecule has 0 aliphatic heterocycles. The molecule has 4 heteroatoms. The van der Waals surface area contributed by atoms with Gasteiger partial charge in [0.25, 0.3) is 0 Å². The quantitative estimate of drug-likeness (QED) is 0.881. The standard InChI is InChI=1S/C15H21FN2O/c1-10(11-2-6-13(16)7-3-11)18-15(19)12-4-8-14(17)9-5-12/h2-3,6-7,10,12,14H,4-5,8-9,17H2,1H3,(H,18,19). The van der Waals surface area contributed by atoms with Gasteiger partial charge in [-0.3, -0.25) is 4.79 Å². The second-order valence-corrected chi connectivity index (χ2v) is 5.39. The summed E-state index contributed by atoms with van der Waals surface area (Å²) in [6, 6.07) is 6.39. The normalized spacial score (nSPS) is 24.8. The Hall–Kier alpha value is -1.42. The van der Waals surface area contributed by atoms with Crippen LogP contribution in [0.25, 0.3) is 0 Å². The molecule has 1 atom stereocenters. The number of nitrogens with one attached hydrogen (secondary N) is 1. The van der Waals surface area contributed by atoms with Crippen LogP contribution in [-0.2, 0) is 4.79 Å². The van der Waals surface area contributed by atoms with Crippen molar-refractivity contribution in [2.45, 2.75) is 44.7 Å². The first kappa shape index (κ1) is 14.0. The highest BCUT2D eigenvalue weighted by Gasteiger charge is 2.25. The summed E-state index contributed by atoms with van der Waals surface area (Å²) in [5, 5.41) is 3.00. The molecular formula is C15H21FN2O. The molecule has 0 aromatic heterocycles. The Bertz CT molecular complexity index is 424. The molecule has 1 aliphatic rings. The van der Waals surface area contributed by atoms with Gasteiger partial charge in [0, 0.05) is 12.0 Å². The molecule has 0 heterocycles. The van der Waals surface area contributed by atoms with E-state index in [1.807, 2.05) is 6.92 Å². The Labute approximate surface area is 113 Å². The maximum Gasteiger partial charge on any atom is 0.223 e. The molecule has 1 amide bonds. The van der Waals surface area contributed by atoms with Gasteiger partial charge in [-0.1, -0.05) is 12.1 Å². The van der Waals surface area contributed by atoms with Crippen molar-refractivity contribution in [3.05, 3.63) is 35.6 Å². The maximum atomic E-state index is 12.8. The van der Waals surface area contributed by atoms with Crippen LogP contribution in [0, 0.1) is 11.7 Å². The van der Waals surface area contributed by atoms with E-state index in [1.165, 1.54) is 12.1 Å². The van der Waals surface area contributed by atoms with Crippen molar-refractivity contribution in [1.29, 1.82) is 0 Å². The monoisotopic (exact) mass is 264 g/mol. The minimum Gasteiger partial charge on any atom is -0.349 e. The second-order valence-electron chi connectivity index (χ2n) is 5.39. The molecule has 1 aromatic carbocycles.